The molecule has 6 heteroatoms. The maximum Gasteiger partial charge on any atom is 0.251 e. The third kappa shape index (κ3) is 4.55. The van der Waals surface area contributed by atoms with E-state index >= 15 is 0 Å². The van der Waals surface area contributed by atoms with Crippen LogP contribution in [0.2, 0.25) is 0 Å². The Balaban J connectivity index is 1.40. The molecule has 6 nitrogen and oxygen atoms in total. The molecule has 29 heavy (non-hydrogen) atoms. The molecule has 1 aromatic heterocycles. The second-order valence-corrected chi connectivity index (χ2v) is 6.72. The number of rotatable bonds is 7. The molecule has 0 saturated heterocycles. The Bertz CT molecular complexity index is 992. The number of aromatic nitrogens is 4. The number of carbonyl (C=O) groups excluding carboxylic acids is 1. The van der Waals surface area contributed by atoms with Gasteiger partial charge in [0.05, 0.1) is 5.69 Å². The van der Waals surface area contributed by atoms with Gasteiger partial charge in [-0.2, -0.15) is 0 Å². The van der Waals surface area contributed by atoms with Crippen molar-refractivity contribution in [3.8, 4) is 5.69 Å². The highest BCUT2D eigenvalue weighted by molar-refractivity contribution is 5.94. The quantitative estimate of drug-likeness (QED) is 0.529. The molecule has 0 fully saturated rings. The fourth-order valence-corrected chi connectivity index (χ4v) is 3.37. The number of tetrazole rings is 1. The van der Waals surface area contributed by atoms with E-state index in [9.17, 15) is 4.79 Å². The van der Waals surface area contributed by atoms with Gasteiger partial charge < -0.3 is 5.32 Å². The van der Waals surface area contributed by atoms with Crippen molar-refractivity contribution in [3.63, 3.8) is 0 Å². The Morgan fingerprint density at radius 1 is 0.862 bits per heavy atom. The molecular formula is C23H21N5O. The average molecular weight is 383 g/mol. The Morgan fingerprint density at radius 2 is 1.48 bits per heavy atom. The Hall–Kier alpha value is -3.80. The van der Waals surface area contributed by atoms with Gasteiger partial charge in [-0.3, -0.25) is 4.79 Å². The summed E-state index contributed by atoms with van der Waals surface area (Å²) in [6, 6.07) is 28.0. The summed E-state index contributed by atoms with van der Waals surface area (Å²) in [6.45, 7) is 0.585. The number of hydrogen-bond donors (Lipinski definition) is 1. The monoisotopic (exact) mass is 383 g/mol. The molecule has 0 unspecified atom stereocenters. The lowest BCUT2D eigenvalue weighted by atomic mass is 9.88. The normalized spacial score (nSPS) is 10.8. The molecule has 0 aliphatic heterocycles. The second-order valence-electron chi connectivity index (χ2n) is 6.72. The van der Waals surface area contributed by atoms with Crippen molar-refractivity contribution in [1.29, 1.82) is 0 Å². The van der Waals surface area contributed by atoms with Crippen LogP contribution in [0.1, 0.15) is 33.8 Å². The molecular weight excluding hydrogens is 362 g/mol. The smallest absolute Gasteiger partial charge is 0.251 e. The number of nitrogens with zero attached hydrogens (tertiary/aromatic N) is 4. The summed E-state index contributed by atoms with van der Waals surface area (Å²) in [6.07, 6.45) is 2.34. The van der Waals surface area contributed by atoms with Crippen LogP contribution in [0.15, 0.2) is 91.3 Å². The topological polar surface area (TPSA) is 72.7 Å². The van der Waals surface area contributed by atoms with Crippen molar-refractivity contribution in [1.82, 2.24) is 25.5 Å². The predicted molar refractivity (Wildman–Crippen MR) is 111 cm³/mol. The summed E-state index contributed by atoms with van der Waals surface area (Å²) in [7, 11) is 0. The van der Waals surface area contributed by atoms with Crippen LogP contribution in [-0.2, 0) is 0 Å². The molecule has 0 aliphatic carbocycles. The van der Waals surface area contributed by atoms with Gasteiger partial charge >= 0.3 is 0 Å². The van der Waals surface area contributed by atoms with Crippen molar-refractivity contribution >= 4 is 5.91 Å². The van der Waals surface area contributed by atoms with Gasteiger partial charge in [-0.05, 0) is 52.2 Å². The summed E-state index contributed by atoms with van der Waals surface area (Å²) in [4.78, 5) is 12.5. The Morgan fingerprint density at radius 3 is 2.03 bits per heavy atom. The molecule has 4 aromatic rings. The maximum atomic E-state index is 12.5. The van der Waals surface area contributed by atoms with Gasteiger partial charge in [0.1, 0.15) is 6.33 Å². The lowest BCUT2D eigenvalue weighted by Crippen LogP contribution is -2.25. The molecule has 1 N–H and O–H groups in total. The lowest BCUT2D eigenvalue weighted by Gasteiger charge is -2.18. The molecule has 0 aliphatic rings. The van der Waals surface area contributed by atoms with Crippen LogP contribution in [0.5, 0.6) is 0 Å². The minimum Gasteiger partial charge on any atom is -0.352 e. The van der Waals surface area contributed by atoms with Crippen LogP contribution in [0, 0.1) is 0 Å². The molecule has 144 valence electrons. The fourth-order valence-electron chi connectivity index (χ4n) is 3.37. The SMILES string of the molecule is O=C(NCCC(c1ccccc1)c1ccccc1)c1ccc(-n2cnnn2)cc1. The second kappa shape index (κ2) is 8.93. The van der Waals surface area contributed by atoms with Crippen LogP contribution in [0.4, 0.5) is 0 Å². The van der Waals surface area contributed by atoms with E-state index in [0.717, 1.165) is 12.1 Å². The van der Waals surface area contributed by atoms with Crippen molar-refractivity contribution < 1.29 is 4.79 Å². The molecule has 3 aromatic carbocycles. The molecule has 0 radical (unpaired) electrons. The van der Waals surface area contributed by atoms with E-state index in [-0.39, 0.29) is 11.8 Å². The van der Waals surface area contributed by atoms with E-state index in [4.69, 9.17) is 0 Å². The summed E-state index contributed by atoms with van der Waals surface area (Å²) in [5.74, 6) is 0.146. The summed E-state index contributed by atoms with van der Waals surface area (Å²) in [5, 5.41) is 14.1. The Labute approximate surface area is 169 Å². The highest BCUT2D eigenvalue weighted by Crippen LogP contribution is 2.27. The van der Waals surface area contributed by atoms with Crippen molar-refractivity contribution in [3.05, 3.63) is 108 Å². The largest absolute Gasteiger partial charge is 0.352 e. The predicted octanol–water partition coefficient (Wildman–Crippen LogP) is 3.61. The molecule has 0 spiro atoms. The van der Waals surface area contributed by atoms with Gasteiger partial charge in [0, 0.05) is 18.0 Å². The standard InChI is InChI=1S/C23H21N5O/c29-23(20-11-13-21(14-12-20)28-17-25-26-27-28)24-16-15-22(18-7-3-1-4-8-18)19-9-5-2-6-10-19/h1-14,17,22H,15-16H2,(H,24,29). The molecule has 0 atom stereocenters. The molecule has 0 bridgehead atoms. The van der Waals surface area contributed by atoms with Crippen LogP contribution in [-0.4, -0.2) is 32.7 Å². The van der Waals surface area contributed by atoms with Gasteiger partial charge in [0.15, 0.2) is 0 Å². The third-order valence-corrected chi connectivity index (χ3v) is 4.87. The van der Waals surface area contributed by atoms with E-state index in [2.05, 4.69) is 69.4 Å². The van der Waals surface area contributed by atoms with Crippen LogP contribution >= 0.6 is 0 Å². The summed E-state index contributed by atoms with van der Waals surface area (Å²) in [5.41, 5.74) is 3.91. The van der Waals surface area contributed by atoms with Crippen LogP contribution < -0.4 is 5.32 Å². The molecule has 1 amide bonds. The van der Waals surface area contributed by atoms with E-state index < -0.39 is 0 Å². The number of benzene rings is 3. The van der Waals surface area contributed by atoms with Gasteiger partial charge in [-0.1, -0.05) is 60.7 Å². The first-order valence-electron chi connectivity index (χ1n) is 9.53. The van der Waals surface area contributed by atoms with Crippen LogP contribution in [0.25, 0.3) is 5.69 Å². The van der Waals surface area contributed by atoms with E-state index in [0.29, 0.717) is 12.1 Å². The minimum atomic E-state index is -0.0897. The number of nitrogens with one attached hydrogen (secondary N) is 1. The van der Waals surface area contributed by atoms with Crippen LogP contribution in [0.3, 0.4) is 0 Å². The number of carbonyl (C=O) groups is 1. The highest BCUT2D eigenvalue weighted by Gasteiger charge is 2.14. The fraction of sp³-hybridized carbons (Fsp3) is 0.130. The zero-order chi connectivity index (χ0) is 19.9. The van der Waals surface area contributed by atoms with E-state index in [1.807, 2.05) is 24.3 Å². The zero-order valence-electron chi connectivity index (χ0n) is 15.8. The number of amides is 1. The zero-order valence-corrected chi connectivity index (χ0v) is 15.8. The van der Waals surface area contributed by atoms with Gasteiger partial charge in [-0.15, -0.1) is 5.10 Å². The van der Waals surface area contributed by atoms with Gasteiger partial charge in [-0.25, -0.2) is 4.68 Å². The van der Waals surface area contributed by atoms with E-state index in [1.54, 1.807) is 16.8 Å². The number of hydrogen-bond acceptors (Lipinski definition) is 4. The average Bonchev–Trinajstić information content (AvgIpc) is 3.33. The highest BCUT2D eigenvalue weighted by atomic mass is 16.1. The van der Waals surface area contributed by atoms with Gasteiger partial charge in [0.25, 0.3) is 5.91 Å². The molecule has 1 heterocycles. The minimum absolute atomic E-state index is 0.0897. The first-order valence-corrected chi connectivity index (χ1v) is 9.53. The lowest BCUT2D eigenvalue weighted by molar-refractivity contribution is 0.0953. The van der Waals surface area contributed by atoms with Crippen molar-refractivity contribution in [2.45, 2.75) is 12.3 Å². The third-order valence-electron chi connectivity index (χ3n) is 4.87. The maximum absolute atomic E-state index is 12.5. The first kappa shape index (κ1) is 18.6. The van der Waals surface area contributed by atoms with E-state index in [1.165, 1.54) is 17.5 Å². The summed E-state index contributed by atoms with van der Waals surface area (Å²) >= 11 is 0. The first-order chi connectivity index (χ1) is 14.3. The summed E-state index contributed by atoms with van der Waals surface area (Å²) < 4.78 is 1.55. The van der Waals surface area contributed by atoms with Crippen molar-refractivity contribution in [2.75, 3.05) is 6.54 Å². The van der Waals surface area contributed by atoms with Crippen molar-refractivity contribution in [2.24, 2.45) is 0 Å². The Kier molecular flexibility index (Phi) is 5.71. The molecule has 0 saturated carbocycles. The van der Waals surface area contributed by atoms with Gasteiger partial charge in [0.2, 0.25) is 0 Å². The molecule has 4 rings (SSSR count).